The topological polar surface area (TPSA) is 86.6 Å². The van der Waals surface area contributed by atoms with Gasteiger partial charge in [-0.3, -0.25) is 4.79 Å². The number of esters is 2. The minimum Gasteiger partial charge on any atom is -0.462 e. The average molecular weight is 539 g/mol. The first-order valence-corrected chi connectivity index (χ1v) is 13.1. The lowest BCUT2D eigenvalue weighted by Crippen LogP contribution is -2.19. The number of ether oxygens (including phenoxy) is 2. The summed E-state index contributed by atoms with van der Waals surface area (Å²) in [6.07, 6.45) is 0. The van der Waals surface area contributed by atoms with Crippen LogP contribution in [-0.4, -0.2) is 29.0 Å². The number of aryl methyl sites for hydroxylation is 2. The van der Waals surface area contributed by atoms with Crippen LogP contribution >= 0.6 is 22.9 Å². The maximum absolute atomic E-state index is 13.6. The van der Waals surface area contributed by atoms with Gasteiger partial charge in [-0.15, -0.1) is 11.3 Å². The Hall–Kier alpha value is -3.62. The number of thiophene rings is 1. The molecule has 0 saturated heterocycles. The van der Waals surface area contributed by atoms with Crippen molar-refractivity contribution >= 4 is 56.7 Å². The zero-order chi connectivity index (χ0) is 26.7. The van der Waals surface area contributed by atoms with Crippen LogP contribution in [-0.2, 0) is 22.6 Å². The molecule has 4 aromatic rings. The van der Waals surface area contributed by atoms with E-state index < -0.39 is 17.8 Å². The van der Waals surface area contributed by atoms with E-state index >= 15 is 0 Å². The Balaban J connectivity index is 1.70. The number of hydrogen-bond acceptors (Lipinski definition) is 6. The molecule has 0 aliphatic heterocycles. The molecule has 1 N–H and O–H groups in total. The molecule has 192 valence electrons. The molecule has 0 bridgehead atoms. The normalized spacial score (nSPS) is 10.9. The summed E-state index contributed by atoms with van der Waals surface area (Å²) in [4.78, 5) is 39.6. The van der Waals surface area contributed by atoms with E-state index in [9.17, 15) is 14.4 Å². The van der Waals surface area contributed by atoms with Crippen LogP contribution < -0.4 is 5.32 Å². The number of carbonyl (C=O) groups excluding carboxylic acids is 3. The second-order valence-corrected chi connectivity index (χ2v) is 9.83. The second-order valence-electron chi connectivity index (χ2n) is 8.38. The summed E-state index contributed by atoms with van der Waals surface area (Å²) >= 11 is 7.20. The van der Waals surface area contributed by atoms with Crippen molar-refractivity contribution in [3.8, 4) is 0 Å². The number of aromatic nitrogens is 1. The molecule has 0 atom stereocenters. The van der Waals surface area contributed by atoms with Gasteiger partial charge in [-0.1, -0.05) is 41.9 Å². The number of rotatable bonds is 8. The van der Waals surface area contributed by atoms with Crippen molar-refractivity contribution in [1.29, 1.82) is 0 Å². The Labute approximate surface area is 224 Å². The first kappa shape index (κ1) is 26.4. The summed E-state index contributed by atoms with van der Waals surface area (Å²) in [5.41, 5.74) is 3.49. The molecule has 2 heterocycles. The van der Waals surface area contributed by atoms with Crippen molar-refractivity contribution < 1.29 is 23.9 Å². The lowest BCUT2D eigenvalue weighted by Gasteiger charge is -2.10. The molecule has 2 aromatic carbocycles. The van der Waals surface area contributed by atoms with Crippen molar-refractivity contribution in [2.45, 2.75) is 40.8 Å². The zero-order valence-electron chi connectivity index (χ0n) is 21.0. The van der Waals surface area contributed by atoms with E-state index in [1.54, 1.807) is 19.9 Å². The number of nitrogens with one attached hydrogen (secondary N) is 1. The Morgan fingerprint density at radius 1 is 0.973 bits per heavy atom. The molecule has 37 heavy (non-hydrogen) atoms. The minimum atomic E-state index is -0.617. The van der Waals surface area contributed by atoms with Gasteiger partial charge in [-0.2, -0.15) is 0 Å². The van der Waals surface area contributed by atoms with Crippen LogP contribution in [0.3, 0.4) is 0 Å². The second kappa shape index (κ2) is 11.2. The van der Waals surface area contributed by atoms with Gasteiger partial charge in [0.05, 0.1) is 12.2 Å². The van der Waals surface area contributed by atoms with Gasteiger partial charge in [-0.05, 0) is 62.6 Å². The van der Waals surface area contributed by atoms with Crippen molar-refractivity contribution in [3.05, 3.63) is 86.4 Å². The van der Waals surface area contributed by atoms with Crippen LogP contribution in [0.1, 0.15) is 61.1 Å². The van der Waals surface area contributed by atoms with Crippen molar-refractivity contribution in [2.75, 3.05) is 11.9 Å². The quantitative estimate of drug-likeness (QED) is 0.250. The monoisotopic (exact) mass is 538 g/mol. The molecular weight excluding hydrogens is 512 g/mol. The molecule has 0 unspecified atom stereocenters. The Bertz CT molecular complexity index is 1490. The van der Waals surface area contributed by atoms with Crippen LogP contribution in [0.15, 0.2) is 48.5 Å². The molecule has 0 saturated carbocycles. The molecule has 7 nitrogen and oxygen atoms in total. The van der Waals surface area contributed by atoms with E-state index in [-0.39, 0.29) is 28.7 Å². The average Bonchev–Trinajstić information content (AvgIpc) is 3.36. The van der Waals surface area contributed by atoms with E-state index in [4.69, 9.17) is 21.1 Å². The number of benzene rings is 2. The van der Waals surface area contributed by atoms with E-state index in [0.717, 1.165) is 33.4 Å². The number of nitrogens with zero attached hydrogens (tertiary/aromatic N) is 1. The fraction of sp³-hybridized carbons (Fsp3) is 0.250. The smallest absolute Gasteiger partial charge is 0.349 e. The predicted octanol–water partition coefficient (Wildman–Crippen LogP) is 6.78. The third kappa shape index (κ3) is 5.26. The van der Waals surface area contributed by atoms with E-state index in [1.807, 2.05) is 60.9 Å². The fourth-order valence-corrected chi connectivity index (χ4v) is 5.57. The number of hydrogen-bond donors (Lipinski definition) is 1. The third-order valence-electron chi connectivity index (χ3n) is 6.06. The van der Waals surface area contributed by atoms with Crippen molar-refractivity contribution in [2.24, 2.45) is 0 Å². The maximum Gasteiger partial charge on any atom is 0.349 e. The zero-order valence-corrected chi connectivity index (χ0v) is 22.6. The molecule has 0 aliphatic carbocycles. The van der Waals surface area contributed by atoms with Gasteiger partial charge in [0.25, 0.3) is 5.91 Å². The van der Waals surface area contributed by atoms with Crippen LogP contribution in [0.5, 0.6) is 0 Å². The molecule has 0 spiro atoms. The number of fused-ring (bicyclic) bond motifs is 1. The Morgan fingerprint density at radius 3 is 2.38 bits per heavy atom. The summed E-state index contributed by atoms with van der Waals surface area (Å²) < 4.78 is 12.6. The van der Waals surface area contributed by atoms with E-state index in [0.29, 0.717) is 22.8 Å². The fourth-order valence-electron chi connectivity index (χ4n) is 4.31. The molecule has 2 aromatic heterocycles. The summed E-state index contributed by atoms with van der Waals surface area (Å²) in [5, 5.41) is 4.55. The lowest BCUT2D eigenvalue weighted by molar-refractivity contribution is 0.0477. The first-order valence-electron chi connectivity index (χ1n) is 11.9. The SMILES string of the molecule is CCOC(=O)c1c(NC(=O)c2c(C)c3cc(Cl)ccc3n2CC)sc(C(=O)OCc2ccccc2)c1C. The van der Waals surface area contributed by atoms with Crippen LogP contribution in [0, 0.1) is 13.8 Å². The number of amides is 1. The molecule has 9 heteroatoms. The summed E-state index contributed by atoms with van der Waals surface area (Å²) in [6.45, 7) is 7.95. The highest BCUT2D eigenvalue weighted by Crippen LogP contribution is 2.36. The predicted molar refractivity (Wildman–Crippen MR) is 146 cm³/mol. The van der Waals surface area contributed by atoms with E-state index in [2.05, 4.69) is 5.32 Å². The highest BCUT2D eigenvalue weighted by atomic mass is 35.5. The van der Waals surface area contributed by atoms with Gasteiger partial charge < -0.3 is 19.4 Å². The summed E-state index contributed by atoms with van der Waals surface area (Å²) in [6, 6.07) is 14.8. The molecular formula is C28H27ClN2O5S. The van der Waals surface area contributed by atoms with Gasteiger partial charge >= 0.3 is 11.9 Å². The highest BCUT2D eigenvalue weighted by Gasteiger charge is 2.29. The summed E-state index contributed by atoms with van der Waals surface area (Å²) in [7, 11) is 0. The molecule has 0 fully saturated rings. The first-order chi connectivity index (χ1) is 17.8. The molecule has 0 aliphatic rings. The van der Waals surface area contributed by atoms with Crippen LogP contribution in [0.25, 0.3) is 10.9 Å². The largest absolute Gasteiger partial charge is 0.462 e. The molecule has 0 radical (unpaired) electrons. The van der Waals surface area contributed by atoms with Gasteiger partial charge in [0.1, 0.15) is 22.2 Å². The molecule has 4 rings (SSSR count). The standard InChI is InChI=1S/C28H27ClN2O5S/c1-5-31-21-13-12-19(29)14-20(21)16(3)23(31)25(32)30-26-22(27(33)35-6-2)17(4)24(37-26)28(34)36-15-18-10-8-7-9-11-18/h7-14H,5-6,15H2,1-4H3,(H,30,32). The molecule has 1 amide bonds. The van der Waals surface area contributed by atoms with Crippen molar-refractivity contribution in [1.82, 2.24) is 4.57 Å². The van der Waals surface area contributed by atoms with Gasteiger partial charge in [-0.25, -0.2) is 9.59 Å². The summed E-state index contributed by atoms with van der Waals surface area (Å²) in [5.74, 6) is -1.60. The van der Waals surface area contributed by atoms with Gasteiger partial charge in [0, 0.05) is 22.5 Å². The van der Waals surface area contributed by atoms with Crippen LogP contribution in [0.4, 0.5) is 5.00 Å². The van der Waals surface area contributed by atoms with Crippen molar-refractivity contribution in [3.63, 3.8) is 0 Å². The number of anilines is 1. The Morgan fingerprint density at radius 2 is 1.70 bits per heavy atom. The van der Waals surface area contributed by atoms with Gasteiger partial charge in [0.2, 0.25) is 0 Å². The van der Waals surface area contributed by atoms with E-state index in [1.165, 1.54) is 0 Å². The van der Waals surface area contributed by atoms with Gasteiger partial charge in [0.15, 0.2) is 0 Å². The lowest BCUT2D eigenvalue weighted by atomic mass is 10.1. The number of halogens is 1. The maximum atomic E-state index is 13.6. The number of carbonyl (C=O) groups is 3. The minimum absolute atomic E-state index is 0.0891. The third-order valence-corrected chi connectivity index (χ3v) is 7.48. The van der Waals surface area contributed by atoms with Crippen LogP contribution in [0.2, 0.25) is 5.02 Å². The highest BCUT2D eigenvalue weighted by molar-refractivity contribution is 7.18. The Kier molecular flexibility index (Phi) is 8.00.